The van der Waals surface area contributed by atoms with Gasteiger partial charge in [-0.15, -0.1) is 0 Å². The summed E-state index contributed by atoms with van der Waals surface area (Å²) in [7, 11) is 0. The summed E-state index contributed by atoms with van der Waals surface area (Å²) in [5.41, 5.74) is 0.866. The first-order valence-corrected chi connectivity index (χ1v) is 6.55. The summed E-state index contributed by atoms with van der Waals surface area (Å²) < 4.78 is 0. The number of nitrogens with one attached hydrogen (secondary N) is 1. The summed E-state index contributed by atoms with van der Waals surface area (Å²) in [6.45, 7) is 0. The van der Waals surface area contributed by atoms with Gasteiger partial charge in [0.25, 0.3) is 11.2 Å². The summed E-state index contributed by atoms with van der Waals surface area (Å²) in [6.07, 6.45) is 3.52. The quantitative estimate of drug-likeness (QED) is 0.593. The van der Waals surface area contributed by atoms with Crippen LogP contribution in [0.2, 0.25) is 0 Å². The van der Waals surface area contributed by atoms with Crippen LogP contribution in [0, 0.1) is 10.1 Å². The Hall–Kier alpha value is -3.28. The largest absolute Gasteiger partial charge is 0.306 e. The van der Waals surface area contributed by atoms with E-state index in [9.17, 15) is 14.9 Å². The number of H-pyrrole nitrogens is 1. The van der Waals surface area contributed by atoms with E-state index in [0.29, 0.717) is 11.3 Å². The molecule has 0 saturated carbocycles. The molecule has 0 amide bonds. The van der Waals surface area contributed by atoms with Gasteiger partial charge in [-0.3, -0.25) is 14.9 Å². The van der Waals surface area contributed by atoms with Gasteiger partial charge >= 0.3 is 0 Å². The van der Waals surface area contributed by atoms with Crippen molar-refractivity contribution in [3.05, 3.63) is 80.4 Å². The topological polar surface area (TPSA) is 88.9 Å². The molecule has 0 aliphatic carbocycles. The van der Waals surface area contributed by atoms with Crippen molar-refractivity contribution < 1.29 is 4.92 Å². The van der Waals surface area contributed by atoms with E-state index in [2.05, 4.69) is 9.97 Å². The number of nitro groups is 1. The maximum Gasteiger partial charge on any atom is 0.270 e. The zero-order valence-electron chi connectivity index (χ0n) is 11.4. The molecule has 1 N–H and O–H groups in total. The van der Waals surface area contributed by atoms with E-state index in [1.54, 1.807) is 6.08 Å². The minimum atomic E-state index is -0.540. The normalized spacial score (nSPS) is 11.1. The predicted octanol–water partition coefficient (Wildman–Crippen LogP) is 3.00. The van der Waals surface area contributed by atoms with Crippen LogP contribution in [0.15, 0.2) is 53.3 Å². The van der Waals surface area contributed by atoms with Crippen LogP contribution in [-0.4, -0.2) is 14.9 Å². The van der Waals surface area contributed by atoms with Crippen LogP contribution >= 0.6 is 0 Å². The SMILES string of the molecule is O=c1[nH]c(/C=C/c2ccccc2)nc2ccc([N+](=O)[O-])cc12. The van der Waals surface area contributed by atoms with E-state index in [1.165, 1.54) is 18.2 Å². The highest BCUT2D eigenvalue weighted by molar-refractivity contribution is 5.81. The van der Waals surface area contributed by atoms with Crippen LogP contribution in [0.1, 0.15) is 11.4 Å². The van der Waals surface area contributed by atoms with Crippen LogP contribution in [0.3, 0.4) is 0 Å². The molecule has 1 aromatic heterocycles. The molecule has 0 bridgehead atoms. The van der Waals surface area contributed by atoms with Crippen LogP contribution in [-0.2, 0) is 0 Å². The molecule has 0 aliphatic rings. The summed E-state index contributed by atoms with van der Waals surface area (Å²) in [5, 5.41) is 10.9. The third kappa shape index (κ3) is 2.76. The lowest BCUT2D eigenvalue weighted by atomic mass is 10.2. The third-order valence-electron chi connectivity index (χ3n) is 3.15. The van der Waals surface area contributed by atoms with Crippen molar-refractivity contribution in [1.82, 2.24) is 9.97 Å². The van der Waals surface area contributed by atoms with E-state index in [4.69, 9.17) is 0 Å². The molecule has 0 saturated heterocycles. The summed E-state index contributed by atoms with van der Waals surface area (Å²) in [4.78, 5) is 29.1. The molecular formula is C16H11N3O3. The maximum atomic E-state index is 12.0. The van der Waals surface area contributed by atoms with Crippen molar-refractivity contribution >= 4 is 28.7 Å². The van der Waals surface area contributed by atoms with Crippen molar-refractivity contribution in [2.75, 3.05) is 0 Å². The second-order valence-corrected chi connectivity index (χ2v) is 4.65. The molecular weight excluding hydrogens is 282 g/mol. The van der Waals surface area contributed by atoms with Crippen molar-refractivity contribution in [3.63, 3.8) is 0 Å². The minimum absolute atomic E-state index is 0.132. The van der Waals surface area contributed by atoms with Gasteiger partial charge in [0.1, 0.15) is 5.82 Å². The number of fused-ring (bicyclic) bond motifs is 1. The Morgan fingerprint density at radius 2 is 1.86 bits per heavy atom. The molecule has 3 rings (SSSR count). The predicted molar refractivity (Wildman–Crippen MR) is 84.4 cm³/mol. The van der Waals surface area contributed by atoms with Gasteiger partial charge in [0.15, 0.2) is 0 Å². The highest BCUT2D eigenvalue weighted by atomic mass is 16.6. The van der Waals surface area contributed by atoms with E-state index in [-0.39, 0.29) is 11.1 Å². The molecule has 1 heterocycles. The van der Waals surface area contributed by atoms with Gasteiger partial charge < -0.3 is 4.98 Å². The van der Waals surface area contributed by atoms with Gasteiger partial charge in [-0.25, -0.2) is 4.98 Å². The van der Waals surface area contributed by atoms with E-state index in [1.807, 2.05) is 36.4 Å². The van der Waals surface area contributed by atoms with Crippen molar-refractivity contribution in [2.24, 2.45) is 0 Å². The zero-order valence-corrected chi connectivity index (χ0v) is 11.4. The first kappa shape index (κ1) is 13.7. The van der Waals surface area contributed by atoms with Crippen LogP contribution in [0.5, 0.6) is 0 Å². The molecule has 0 spiro atoms. The fourth-order valence-corrected chi connectivity index (χ4v) is 2.08. The van der Waals surface area contributed by atoms with Gasteiger partial charge in [0.05, 0.1) is 15.8 Å². The Morgan fingerprint density at radius 1 is 1.09 bits per heavy atom. The summed E-state index contributed by atoms with van der Waals surface area (Å²) in [5.74, 6) is 0.398. The van der Waals surface area contributed by atoms with Gasteiger partial charge in [0, 0.05) is 12.1 Å². The number of nitro benzene ring substituents is 1. The number of hydrogen-bond donors (Lipinski definition) is 1. The van der Waals surface area contributed by atoms with Crippen LogP contribution in [0.25, 0.3) is 23.1 Å². The fourth-order valence-electron chi connectivity index (χ4n) is 2.08. The molecule has 6 nitrogen and oxygen atoms in total. The maximum absolute atomic E-state index is 12.0. The number of nitrogens with zero attached hydrogens (tertiary/aromatic N) is 2. The number of hydrogen-bond acceptors (Lipinski definition) is 4. The third-order valence-corrected chi connectivity index (χ3v) is 3.15. The number of aromatic nitrogens is 2. The molecule has 0 unspecified atom stereocenters. The Balaban J connectivity index is 2.03. The second kappa shape index (κ2) is 5.61. The molecule has 0 radical (unpaired) electrons. The standard InChI is InChI=1S/C16H11N3O3/c20-16-13-10-12(19(21)22)7-8-14(13)17-15(18-16)9-6-11-4-2-1-3-5-11/h1-10H,(H,17,18,20)/b9-6+. The Kier molecular flexibility index (Phi) is 3.49. The number of aromatic amines is 1. The monoisotopic (exact) mass is 293 g/mol. The Bertz CT molecular complexity index is 930. The highest BCUT2D eigenvalue weighted by Gasteiger charge is 2.09. The molecule has 3 aromatic rings. The number of rotatable bonds is 3. The summed E-state index contributed by atoms with van der Waals surface area (Å²) >= 11 is 0. The van der Waals surface area contributed by atoms with Crippen molar-refractivity contribution in [1.29, 1.82) is 0 Å². The zero-order chi connectivity index (χ0) is 15.5. The lowest BCUT2D eigenvalue weighted by Gasteiger charge is -1.99. The minimum Gasteiger partial charge on any atom is -0.306 e. The molecule has 2 aromatic carbocycles. The molecule has 0 atom stereocenters. The van der Waals surface area contributed by atoms with Crippen LogP contribution < -0.4 is 5.56 Å². The van der Waals surface area contributed by atoms with Crippen molar-refractivity contribution in [2.45, 2.75) is 0 Å². The first-order valence-electron chi connectivity index (χ1n) is 6.55. The molecule has 0 aliphatic heterocycles. The van der Waals surface area contributed by atoms with E-state index in [0.717, 1.165) is 5.56 Å². The Morgan fingerprint density at radius 3 is 2.59 bits per heavy atom. The van der Waals surface area contributed by atoms with Crippen molar-refractivity contribution in [3.8, 4) is 0 Å². The lowest BCUT2D eigenvalue weighted by molar-refractivity contribution is -0.384. The average molecular weight is 293 g/mol. The van der Waals surface area contributed by atoms with Gasteiger partial charge in [-0.2, -0.15) is 0 Å². The molecule has 6 heteroatoms. The lowest BCUT2D eigenvalue weighted by Crippen LogP contribution is -2.10. The molecule has 22 heavy (non-hydrogen) atoms. The van der Waals surface area contributed by atoms with Gasteiger partial charge in [0.2, 0.25) is 0 Å². The fraction of sp³-hybridized carbons (Fsp3) is 0. The first-order chi connectivity index (χ1) is 10.6. The highest BCUT2D eigenvalue weighted by Crippen LogP contribution is 2.16. The average Bonchev–Trinajstić information content (AvgIpc) is 2.53. The van der Waals surface area contributed by atoms with E-state index < -0.39 is 10.5 Å². The van der Waals surface area contributed by atoms with Crippen LogP contribution in [0.4, 0.5) is 5.69 Å². The molecule has 0 fully saturated rings. The second-order valence-electron chi connectivity index (χ2n) is 4.65. The number of non-ortho nitro benzene ring substituents is 1. The van der Waals surface area contributed by atoms with E-state index >= 15 is 0 Å². The van der Waals surface area contributed by atoms with Gasteiger partial charge in [-0.1, -0.05) is 36.4 Å². The van der Waals surface area contributed by atoms with Gasteiger partial charge in [-0.05, 0) is 17.7 Å². The summed E-state index contributed by atoms with van der Waals surface area (Å²) in [6, 6.07) is 13.6. The number of benzene rings is 2. The molecule has 108 valence electrons. The smallest absolute Gasteiger partial charge is 0.270 e. The Labute approximate surface area is 124 Å².